The highest BCUT2D eigenvalue weighted by Crippen LogP contribution is 2.26. The number of anilines is 2. The van der Waals surface area contributed by atoms with Gasteiger partial charge in [0.2, 0.25) is 0 Å². The van der Waals surface area contributed by atoms with Gasteiger partial charge in [-0.25, -0.2) is 9.78 Å². The number of hydrogen-bond acceptors (Lipinski definition) is 5. The number of nitrogen functional groups attached to an aromatic ring is 1. The van der Waals surface area contributed by atoms with Crippen LogP contribution in [0.15, 0.2) is 18.3 Å². The number of rotatable bonds is 3. The molecule has 1 atom stereocenters. The molecule has 0 radical (unpaired) electrons. The van der Waals surface area contributed by atoms with Crippen LogP contribution in [0.2, 0.25) is 0 Å². The van der Waals surface area contributed by atoms with E-state index in [1.165, 1.54) is 0 Å². The first-order chi connectivity index (χ1) is 9.85. The highest BCUT2D eigenvalue weighted by molar-refractivity contribution is 5.67. The van der Waals surface area contributed by atoms with Crippen LogP contribution in [0.4, 0.5) is 16.3 Å². The lowest BCUT2D eigenvalue weighted by atomic mass is 10.1. The Hall–Kier alpha value is -1.98. The maximum Gasteiger partial charge on any atom is 0.407 e. The van der Waals surface area contributed by atoms with Gasteiger partial charge in [-0.2, -0.15) is 0 Å². The highest BCUT2D eigenvalue weighted by atomic mass is 16.6. The van der Waals surface area contributed by atoms with Gasteiger partial charge in [0.25, 0.3) is 0 Å². The summed E-state index contributed by atoms with van der Waals surface area (Å²) in [4.78, 5) is 18.1. The van der Waals surface area contributed by atoms with Gasteiger partial charge in [0.1, 0.15) is 5.60 Å². The molecule has 6 nitrogen and oxygen atoms in total. The van der Waals surface area contributed by atoms with E-state index in [4.69, 9.17) is 10.5 Å². The lowest BCUT2D eigenvalue weighted by Crippen LogP contribution is -2.36. The van der Waals surface area contributed by atoms with Gasteiger partial charge in [-0.15, -0.1) is 0 Å². The van der Waals surface area contributed by atoms with Gasteiger partial charge in [0.15, 0.2) is 5.82 Å². The number of ether oxygens (including phenoxy) is 1. The number of pyridine rings is 1. The summed E-state index contributed by atoms with van der Waals surface area (Å²) in [5.74, 6) is 1.22. The van der Waals surface area contributed by atoms with Crippen LogP contribution in [-0.4, -0.2) is 36.3 Å². The smallest absolute Gasteiger partial charge is 0.407 e. The molecular weight excluding hydrogens is 268 g/mol. The van der Waals surface area contributed by atoms with E-state index in [1.807, 2.05) is 32.9 Å². The van der Waals surface area contributed by atoms with E-state index >= 15 is 0 Å². The number of alkyl carbamates (subject to hydrolysis) is 1. The first kappa shape index (κ1) is 15.4. The predicted octanol–water partition coefficient (Wildman–Crippen LogP) is 2.01. The second-order valence-electron chi connectivity index (χ2n) is 6.40. The molecule has 0 aliphatic carbocycles. The van der Waals surface area contributed by atoms with Crippen molar-refractivity contribution in [2.24, 2.45) is 5.92 Å². The Morgan fingerprint density at radius 3 is 3.00 bits per heavy atom. The van der Waals surface area contributed by atoms with Crippen LogP contribution in [0.3, 0.4) is 0 Å². The molecule has 0 spiro atoms. The summed E-state index contributed by atoms with van der Waals surface area (Å²) in [6.45, 7) is 7.92. The first-order valence-electron chi connectivity index (χ1n) is 7.27. The third-order valence-corrected chi connectivity index (χ3v) is 3.34. The number of aromatic nitrogens is 1. The van der Waals surface area contributed by atoms with Crippen molar-refractivity contribution in [1.29, 1.82) is 0 Å². The molecule has 21 heavy (non-hydrogen) atoms. The van der Waals surface area contributed by atoms with Crippen LogP contribution in [0.1, 0.15) is 27.2 Å². The molecule has 0 bridgehead atoms. The van der Waals surface area contributed by atoms with Gasteiger partial charge in [-0.05, 0) is 45.2 Å². The summed E-state index contributed by atoms with van der Waals surface area (Å²) in [6, 6.07) is 3.69. The average Bonchev–Trinajstić information content (AvgIpc) is 2.83. The molecule has 116 valence electrons. The summed E-state index contributed by atoms with van der Waals surface area (Å²) >= 11 is 0. The maximum atomic E-state index is 11.6. The zero-order valence-corrected chi connectivity index (χ0v) is 12.9. The molecule has 2 heterocycles. The number of nitrogens with one attached hydrogen (secondary N) is 1. The Morgan fingerprint density at radius 2 is 2.33 bits per heavy atom. The fraction of sp³-hybridized carbons (Fsp3) is 0.600. The number of nitrogens with zero attached hydrogens (tertiary/aromatic N) is 2. The molecule has 3 N–H and O–H groups in total. The highest BCUT2D eigenvalue weighted by Gasteiger charge is 2.25. The Labute approximate surface area is 125 Å². The van der Waals surface area contributed by atoms with E-state index < -0.39 is 5.60 Å². The number of nitrogens with two attached hydrogens (primary N) is 1. The lowest BCUT2D eigenvalue weighted by molar-refractivity contribution is 0.0520. The molecule has 1 unspecified atom stereocenters. The van der Waals surface area contributed by atoms with Crippen molar-refractivity contribution in [2.75, 3.05) is 30.3 Å². The zero-order valence-electron chi connectivity index (χ0n) is 12.9. The van der Waals surface area contributed by atoms with Crippen LogP contribution in [-0.2, 0) is 4.74 Å². The fourth-order valence-corrected chi connectivity index (χ4v) is 2.41. The summed E-state index contributed by atoms with van der Waals surface area (Å²) in [6.07, 6.45) is 2.39. The van der Waals surface area contributed by atoms with Crippen molar-refractivity contribution >= 4 is 17.6 Å². The normalized spacial score (nSPS) is 18.6. The van der Waals surface area contributed by atoms with Crippen molar-refractivity contribution in [3.63, 3.8) is 0 Å². The number of amides is 1. The summed E-state index contributed by atoms with van der Waals surface area (Å²) in [5, 5.41) is 2.83. The Morgan fingerprint density at radius 1 is 1.57 bits per heavy atom. The van der Waals surface area contributed by atoms with Crippen molar-refractivity contribution in [3.8, 4) is 0 Å². The van der Waals surface area contributed by atoms with E-state index in [0.29, 0.717) is 18.2 Å². The van der Waals surface area contributed by atoms with Gasteiger partial charge in [0.05, 0.1) is 5.69 Å². The summed E-state index contributed by atoms with van der Waals surface area (Å²) in [5.41, 5.74) is 6.17. The second kappa shape index (κ2) is 6.20. The molecule has 1 aromatic heterocycles. The molecular formula is C15H24N4O2. The minimum absolute atomic E-state index is 0.363. The van der Waals surface area contributed by atoms with Gasteiger partial charge in [-0.1, -0.05) is 0 Å². The largest absolute Gasteiger partial charge is 0.444 e. The van der Waals surface area contributed by atoms with E-state index in [-0.39, 0.29) is 6.09 Å². The Balaban J connectivity index is 1.81. The SMILES string of the molecule is CC(C)(C)OC(=O)NCC1CCN(c2ncccc2N)C1. The molecule has 0 saturated carbocycles. The third-order valence-electron chi connectivity index (χ3n) is 3.34. The molecule has 1 saturated heterocycles. The quantitative estimate of drug-likeness (QED) is 0.891. The molecule has 1 fully saturated rings. The van der Waals surface area contributed by atoms with Gasteiger partial charge < -0.3 is 20.7 Å². The standard InChI is InChI=1S/C15H24N4O2/c1-15(2,3)21-14(20)18-9-11-6-8-19(10-11)13-12(16)5-4-7-17-13/h4-5,7,11H,6,8-10,16H2,1-3H3,(H,18,20). The van der Waals surface area contributed by atoms with Crippen molar-refractivity contribution in [2.45, 2.75) is 32.8 Å². The van der Waals surface area contributed by atoms with E-state index in [0.717, 1.165) is 25.3 Å². The number of carbonyl (C=O) groups excluding carboxylic acids is 1. The lowest BCUT2D eigenvalue weighted by Gasteiger charge is -2.21. The molecule has 2 rings (SSSR count). The third kappa shape index (κ3) is 4.51. The molecule has 1 amide bonds. The Bertz CT molecular complexity index is 499. The van der Waals surface area contributed by atoms with E-state index in [2.05, 4.69) is 15.2 Å². The van der Waals surface area contributed by atoms with E-state index in [9.17, 15) is 4.79 Å². The number of carbonyl (C=O) groups is 1. The predicted molar refractivity (Wildman–Crippen MR) is 83.2 cm³/mol. The molecule has 1 aromatic rings. The van der Waals surface area contributed by atoms with Crippen LogP contribution in [0.25, 0.3) is 0 Å². The minimum atomic E-state index is -0.464. The first-order valence-corrected chi connectivity index (χ1v) is 7.27. The summed E-state index contributed by atoms with van der Waals surface area (Å²) in [7, 11) is 0. The maximum absolute atomic E-state index is 11.6. The van der Waals surface area contributed by atoms with Crippen molar-refractivity contribution < 1.29 is 9.53 Å². The molecule has 6 heteroatoms. The van der Waals surface area contributed by atoms with Crippen LogP contribution < -0.4 is 16.0 Å². The number of hydrogen-bond donors (Lipinski definition) is 2. The monoisotopic (exact) mass is 292 g/mol. The van der Waals surface area contributed by atoms with Gasteiger partial charge >= 0.3 is 6.09 Å². The zero-order chi connectivity index (χ0) is 15.5. The minimum Gasteiger partial charge on any atom is -0.444 e. The Kier molecular flexibility index (Phi) is 4.55. The topological polar surface area (TPSA) is 80.5 Å². The van der Waals surface area contributed by atoms with Gasteiger partial charge in [-0.3, -0.25) is 0 Å². The molecule has 1 aliphatic rings. The second-order valence-corrected chi connectivity index (χ2v) is 6.40. The fourth-order valence-electron chi connectivity index (χ4n) is 2.41. The van der Waals surface area contributed by atoms with Crippen molar-refractivity contribution in [1.82, 2.24) is 10.3 Å². The van der Waals surface area contributed by atoms with Crippen LogP contribution in [0, 0.1) is 5.92 Å². The molecule has 1 aliphatic heterocycles. The van der Waals surface area contributed by atoms with Gasteiger partial charge in [0, 0.05) is 25.8 Å². The van der Waals surface area contributed by atoms with E-state index in [1.54, 1.807) is 6.20 Å². The average molecular weight is 292 g/mol. The molecule has 0 aromatic carbocycles. The van der Waals surface area contributed by atoms with Crippen LogP contribution >= 0.6 is 0 Å². The summed E-state index contributed by atoms with van der Waals surface area (Å²) < 4.78 is 5.23. The van der Waals surface area contributed by atoms with Crippen LogP contribution in [0.5, 0.6) is 0 Å². The van der Waals surface area contributed by atoms with Crippen molar-refractivity contribution in [3.05, 3.63) is 18.3 Å².